The van der Waals surface area contributed by atoms with E-state index in [0.717, 1.165) is 6.54 Å². The number of alkyl halides is 1. The predicted octanol–water partition coefficient (Wildman–Crippen LogP) is -0.597. The number of rotatable bonds is 3. The van der Waals surface area contributed by atoms with Gasteiger partial charge in [0.1, 0.15) is 17.2 Å². The number of nitrogens with one attached hydrogen (secondary N) is 3. The highest BCUT2D eigenvalue weighted by molar-refractivity contribution is 6.21. The number of piperidine rings is 1. The van der Waals surface area contributed by atoms with Crippen LogP contribution in [0.4, 0.5) is 16.0 Å². The first kappa shape index (κ1) is 18.5. The number of likely N-dealkylation sites (tertiary alicyclic amines) is 1. The number of carbonyl (C=O) groups is 1. The number of nitrogens with zero attached hydrogens (tertiary/aromatic N) is 3. The zero-order chi connectivity index (χ0) is 19.1. The van der Waals surface area contributed by atoms with E-state index in [2.05, 4.69) is 25.9 Å². The number of anilines is 2. The molecule has 0 spiro atoms. The fourth-order valence-electron chi connectivity index (χ4n) is 4.05. The van der Waals surface area contributed by atoms with E-state index >= 15 is 0 Å². The van der Waals surface area contributed by atoms with Gasteiger partial charge in [0.05, 0.1) is 30.3 Å². The zero-order valence-electron chi connectivity index (χ0n) is 14.7. The van der Waals surface area contributed by atoms with Crippen molar-refractivity contribution in [2.45, 2.75) is 30.0 Å². The molecule has 1 amide bonds. The highest BCUT2D eigenvalue weighted by Crippen LogP contribution is 2.28. The molecule has 148 valence electrons. The maximum atomic E-state index is 13.4. The Hall–Kier alpha value is -1.88. The van der Waals surface area contributed by atoms with Crippen LogP contribution in [0.2, 0.25) is 0 Å². The molecule has 4 atom stereocenters. The molecule has 0 radical (unpaired) electrons. The van der Waals surface area contributed by atoms with E-state index in [1.165, 1.54) is 10.9 Å². The van der Waals surface area contributed by atoms with Crippen LogP contribution in [0.3, 0.4) is 0 Å². The summed E-state index contributed by atoms with van der Waals surface area (Å²) < 4.78 is 14.7. The second kappa shape index (κ2) is 7.27. The second-order valence-corrected chi connectivity index (χ2v) is 7.73. The van der Waals surface area contributed by atoms with Crippen LogP contribution in [0.5, 0.6) is 0 Å². The third-order valence-electron chi connectivity index (χ3n) is 5.27. The van der Waals surface area contributed by atoms with Crippen molar-refractivity contribution in [2.75, 3.05) is 43.8 Å². The average Bonchev–Trinajstić information content (AvgIpc) is 3.16. The molecule has 1 aromatic heterocycles. The van der Waals surface area contributed by atoms with Crippen molar-refractivity contribution in [1.82, 2.24) is 25.3 Å². The predicted molar refractivity (Wildman–Crippen MR) is 100 cm³/mol. The number of hydrogen-bond donors (Lipinski definition) is 5. The number of aliphatic hydroxyl groups is 1. The van der Waals surface area contributed by atoms with Crippen molar-refractivity contribution in [3.8, 4) is 0 Å². The molecule has 6 N–H and O–H groups in total. The van der Waals surface area contributed by atoms with Crippen LogP contribution in [-0.4, -0.2) is 82.0 Å². The van der Waals surface area contributed by atoms with Crippen molar-refractivity contribution in [3.05, 3.63) is 11.4 Å². The van der Waals surface area contributed by atoms with Crippen LogP contribution in [0.1, 0.15) is 16.8 Å². The van der Waals surface area contributed by atoms with Gasteiger partial charge in [-0.05, 0) is 6.42 Å². The number of carbonyl (C=O) groups excluding carboxylic acids is 1. The summed E-state index contributed by atoms with van der Waals surface area (Å²) in [5.74, 6) is -0.392. The standard InChI is InChI=1S/C16H23ClFN7O2/c17-10-4-20-5-11(13(10)24-2-1-9(26)7-24)22-16(27)12-14(19)23-25-6-8(18)3-21-15(12)25/h6,9-11,13,20-21,26H,1-5,7H2,(H2,19,23)(H,22,27). The minimum atomic E-state index is -0.397. The van der Waals surface area contributed by atoms with Crippen LogP contribution >= 0.6 is 11.6 Å². The minimum Gasteiger partial charge on any atom is -0.392 e. The summed E-state index contributed by atoms with van der Waals surface area (Å²) in [6, 6.07) is -0.364. The number of aromatic nitrogens is 2. The summed E-state index contributed by atoms with van der Waals surface area (Å²) in [4.78, 5) is 15.1. The van der Waals surface area contributed by atoms with Crippen molar-refractivity contribution in [1.29, 1.82) is 0 Å². The molecule has 0 aliphatic carbocycles. The lowest BCUT2D eigenvalue weighted by Gasteiger charge is -2.41. The molecule has 4 heterocycles. The summed E-state index contributed by atoms with van der Waals surface area (Å²) >= 11 is 6.54. The number of nitrogen functional groups attached to an aromatic ring is 1. The van der Waals surface area contributed by atoms with Gasteiger partial charge < -0.3 is 26.8 Å². The Morgan fingerprint density at radius 3 is 3.04 bits per heavy atom. The molecule has 3 aliphatic heterocycles. The van der Waals surface area contributed by atoms with Gasteiger partial charge in [-0.1, -0.05) is 0 Å². The zero-order valence-corrected chi connectivity index (χ0v) is 15.4. The maximum Gasteiger partial charge on any atom is 0.259 e. The normalized spacial score (nSPS) is 31.1. The van der Waals surface area contributed by atoms with Crippen LogP contribution in [-0.2, 0) is 0 Å². The number of amides is 1. The molecule has 11 heteroatoms. The third-order valence-corrected chi connectivity index (χ3v) is 5.68. The summed E-state index contributed by atoms with van der Waals surface area (Å²) in [6.45, 7) is 2.43. The quantitative estimate of drug-likeness (QED) is 0.430. The van der Waals surface area contributed by atoms with Gasteiger partial charge >= 0.3 is 0 Å². The lowest BCUT2D eigenvalue weighted by molar-refractivity contribution is 0.0863. The van der Waals surface area contributed by atoms with Gasteiger partial charge in [-0.3, -0.25) is 9.69 Å². The van der Waals surface area contributed by atoms with Gasteiger partial charge in [-0.25, -0.2) is 9.07 Å². The molecule has 4 unspecified atom stereocenters. The van der Waals surface area contributed by atoms with Crippen LogP contribution in [0, 0.1) is 0 Å². The number of aliphatic hydroxyl groups excluding tert-OH is 1. The fourth-order valence-corrected chi connectivity index (χ4v) is 4.50. The maximum absolute atomic E-state index is 13.4. The highest BCUT2D eigenvalue weighted by Gasteiger charge is 2.40. The average molecular weight is 400 g/mol. The van der Waals surface area contributed by atoms with Crippen molar-refractivity contribution >= 4 is 35.3 Å². The largest absolute Gasteiger partial charge is 0.392 e. The molecule has 4 rings (SSSR count). The van der Waals surface area contributed by atoms with Gasteiger partial charge in [0.2, 0.25) is 0 Å². The first-order valence-corrected chi connectivity index (χ1v) is 9.43. The van der Waals surface area contributed by atoms with Gasteiger partial charge in [-0.15, -0.1) is 16.7 Å². The van der Waals surface area contributed by atoms with E-state index in [4.69, 9.17) is 17.3 Å². The topological polar surface area (TPSA) is 120 Å². The highest BCUT2D eigenvalue weighted by atomic mass is 35.5. The number of β-amino-alcohol motifs (C(OH)–C–C–N with tert-alkyl or cyclic N) is 1. The molecule has 0 bridgehead atoms. The summed E-state index contributed by atoms with van der Waals surface area (Å²) in [7, 11) is 0. The smallest absolute Gasteiger partial charge is 0.259 e. The lowest BCUT2D eigenvalue weighted by Crippen LogP contribution is -2.64. The van der Waals surface area contributed by atoms with E-state index in [1.807, 2.05) is 0 Å². The summed E-state index contributed by atoms with van der Waals surface area (Å²) in [6.07, 6.45) is 1.52. The number of fused-ring (bicyclic) bond motifs is 1. The first-order chi connectivity index (χ1) is 12.9. The van der Waals surface area contributed by atoms with Crippen molar-refractivity contribution < 1.29 is 14.3 Å². The molecular formula is C16H23ClFN7O2. The number of nitrogens with two attached hydrogens (primary N) is 1. The van der Waals surface area contributed by atoms with E-state index in [-0.39, 0.29) is 47.4 Å². The van der Waals surface area contributed by atoms with E-state index in [9.17, 15) is 14.3 Å². The molecular weight excluding hydrogens is 377 g/mol. The third kappa shape index (κ3) is 3.49. The Kier molecular flexibility index (Phi) is 4.97. The van der Waals surface area contributed by atoms with Gasteiger partial charge in [0.15, 0.2) is 5.82 Å². The van der Waals surface area contributed by atoms with Gasteiger partial charge in [0, 0.05) is 32.2 Å². The Bertz CT molecular complexity index is 770. The van der Waals surface area contributed by atoms with E-state index in [1.54, 1.807) is 0 Å². The first-order valence-electron chi connectivity index (χ1n) is 9.00. The van der Waals surface area contributed by atoms with Crippen LogP contribution in [0.25, 0.3) is 6.20 Å². The van der Waals surface area contributed by atoms with Crippen LogP contribution in [0.15, 0.2) is 5.83 Å². The summed E-state index contributed by atoms with van der Waals surface area (Å²) in [5, 5.41) is 22.7. The van der Waals surface area contributed by atoms with E-state index < -0.39 is 5.83 Å². The van der Waals surface area contributed by atoms with Crippen LogP contribution < -0.4 is 21.7 Å². The molecule has 0 aromatic carbocycles. The summed E-state index contributed by atoms with van der Waals surface area (Å²) in [5.41, 5.74) is 6.10. The monoisotopic (exact) mass is 399 g/mol. The Morgan fingerprint density at radius 1 is 1.48 bits per heavy atom. The SMILES string of the molecule is Nc1nn2c(c1C(=O)NC1CNCC(Cl)C1N1CCC(O)C1)NCC(F)=C2. The van der Waals surface area contributed by atoms with Gasteiger partial charge in [0.25, 0.3) is 5.91 Å². The Balaban J connectivity index is 1.55. The van der Waals surface area contributed by atoms with Crippen molar-refractivity contribution in [2.24, 2.45) is 0 Å². The Labute approximate surface area is 160 Å². The molecule has 2 fully saturated rings. The molecule has 27 heavy (non-hydrogen) atoms. The minimum absolute atomic E-state index is 0.0194. The van der Waals surface area contributed by atoms with E-state index in [0.29, 0.717) is 31.9 Å². The second-order valence-electron chi connectivity index (χ2n) is 7.17. The number of halogens is 2. The fraction of sp³-hybridized carbons (Fsp3) is 0.625. The number of hydrogen-bond acceptors (Lipinski definition) is 7. The molecule has 0 saturated carbocycles. The molecule has 2 saturated heterocycles. The molecule has 3 aliphatic rings. The Morgan fingerprint density at radius 2 is 2.30 bits per heavy atom. The van der Waals surface area contributed by atoms with Gasteiger partial charge in [-0.2, -0.15) is 0 Å². The lowest BCUT2D eigenvalue weighted by atomic mass is 9.98. The molecule has 9 nitrogen and oxygen atoms in total. The molecule has 1 aromatic rings. The van der Waals surface area contributed by atoms with Crippen molar-refractivity contribution in [3.63, 3.8) is 0 Å².